The number of rotatable bonds is 2. The summed E-state index contributed by atoms with van der Waals surface area (Å²) in [7, 11) is 0. The summed E-state index contributed by atoms with van der Waals surface area (Å²) >= 11 is 0. The van der Waals surface area contributed by atoms with Crippen molar-refractivity contribution in [1.29, 1.82) is 0 Å². The van der Waals surface area contributed by atoms with E-state index in [0.717, 1.165) is 6.20 Å². The number of pyridine rings is 1. The maximum atomic E-state index is 12.4. The smallest absolute Gasteiger partial charge is 0.271 e. The molecule has 0 saturated carbocycles. The number of alkyl halides is 2. The first kappa shape index (κ1) is 10.2. The molecule has 0 atom stereocenters. The highest BCUT2D eigenvalue weighted by Crippen LogP contribution is 2.25. The van der Waals surface area contributed by atoms with Crippen LogP contribution >= 0.6 is 0 Å². The molecule has 76 valence electrons. The number of halogens is 2. The van der Waals surface area contributed by atoms with Crippen molar-refractivity contribution in [2.75, 3.05) is 5.73 Å². The van der Waals surface area contributed by atoms with Crippen molar-refractivity contribution >= 4 is 11.6 Å². The Labute approximate surface area is 76.7 Å². The number of nitrogen functional groups attached to an aromatic ring is 1. The Hall–Kier alpha value is -1.92. The molecule has 0 aromatic carbocycles. The summed E-state index contributed by atoms with van der Waals surface area (Å²) in [4.78, 5) is 23.6. The number of carbonyl (C=O) groups is 1. The second-order valence-electron chi connectivity index (χ2n) is 2.52. The molecule has 0 spiro atoms. The van der Waals surface area contributed by atoms with Crippen molar-refractivity contribution in [1.82, 2.24) is 4.98 Å². The van der Waals surface area contributed by atoms with Crippen LogP contribution in [-0.4, -0.2) is 10.9 Å². The van der Waals surface area contributed by atoms with Crippen molar-refractivity contribution in [3.05, 3.63) is 27.7 Å². The summed E-state index contributed by atoms with van der Waals surface area (Å²) in [6.45, 7) is 0. The number of amides is 1. The molecule has 5 N–H and O–H groups in total. The van der Waals surface area contributed by atoms with E-state index in [9.17, 15) is 18.4 Å². The Bertz CT molecular complexity index is 427. The number of primary amides is 1. The Kier molecular flexibility index (Phi) is 2.50. The number of anilines is 1. The lowest BCUT2D eigenvalue weighted by atomic mass is 10.1. The van der Waals surface area contributed by atoms with E-state index in [1.807, 2.05) is 4.98 Å². The van der Waals surface area contributed by atoms with Gasteiger partial charge in [0.1, 0.15) is 5.69 Å². The quantitative estimate of drug-likeness (QED) is 0.630. The number of nitrogens with one attached hydrogen (secondary N) is 1. The van der Waals surface area contributed by atoms with Gasteiger partial charge < -0.3 is 16.5 Å². The van der Waals surface area contributed by atoms with E-state index in [0.29, 0.717) is 0 Å². The number of H-pyrrole nitrogens is 1. The van der Waals surface area contributed by atoms with E-state index in [2.05, 4.69) is 0 Å². The maximum Gasteiger partial charge on any atom is 0.271 e. The zero-order valence-corrected chi connectivity index (χ0v) is 6.88. The van der Waals surface area contributed by atoms with E-state index in [1.54, 1.807) is 0 Å². The van der Waals surface area contributed by atoms with Crippen molar-refractivity contribution in [3.8, 4) is 0 Å². The summed E-state index contributed by atoms with van der Waals surface area (Å²) < 4.78 is 24.8. The van der Waals surface area contributed by atoms with Gasteiger partial charge in [-0.25, -0.2) is 8.78 Å². The molecule has 1 heterocycles. The molecule has 0 aliphatic carbocycles. The average molecular weight is 203 g/mol. The Morgan fingerprint density at radius 1 is 1.50 bits per heavy atom. The zero-order chi connectivity index (χ0) is 10.9. The minimum Gasteiger partial charge on any atom is -0.394 e. The number of hydrogen-bond acceptors (Lipinski definition) is 3. The van der Waals surface area contributed by atoms with E-state index in [4.69, 9.17) is 11.5 Å². The Morgan fingerprint density at radius 3 is 2.50 bits per heavy atom. The van der Waals surface area contributed by atoms with Crippen LogP contribution in [0.25, 0.3) is 0 Å². The summed E-state index contributed by atoms with van der Waals surface area (Å²) in [5, 5.41) is 0. The van der Waals surface area contributed by atoms with Crippen molar-refractivity contribution < 1.29 is 13.6 Å². The van der Waals surface area contributed by atoms with Crippen LogP contribution in [-0.2, 0) is 0 Å². The predicted molar refractivity (Wildman–Crippen MR) is 44.9 cm³/mol. The highest BCUT2D eigenvalue weighted by Gasteiger charge is 2.21. The number of nitrogens with two attached hydrogens (primary N) is 2. The molecule has 0 radical (unpaired) electrons. The lowest BCUT2D eigenvalue weighted by molar-refractivity contribution is 0.0986. The molecule has 0 aliphatic heterocycles. The molecular formula is C7H7F2N3O2. The number of hydrogen-bond donors (Lipinski definition) is 3. The van der Waals surface area contributed by atoms with E-state index in [-0.39, 0.29) is 0 Å². The van der Waals surface area contributed by atoms with Gasteiger partial charge in [-0.15, -0.1) is 0 Å². The minimum atomic E-state index is -3.01. The summed E-state index contributed by atoms with van der Waals surface area (Å²) in [5.74, 6) is -1.07. The molecule has 1 amide bonds. The number of aromatic nitrogens is 1. The third-order valence-corrected chi connectivity index (χ3v) is 1.66. The summed E-state index contributed by atoms with van der Waals surface area (Å²) in [5.41, 5.74) is 7.06. The van der Waals surface area contributed by atoms with Crippen LogP contribution in [0.3, 0.4) is 0 Å². The van der Waals surface area contributed by atoms with Gasteiger partial charge in [-0.3, -0.25) is 9.59 Å². The highest BCUT2D eigenvalue weighted by molar-refractivity contribution is 5.95. The van der Waals surface area contributed by atoms with Crippen LogP contribution in [0.1, 0.15) is 22.3 Å². The van der Waals surface area contributed by atoms with Gasteiger partial charge in [0.25, 0.3) is 17.9 Å². The van der Waals surface area contributed by atoms with Crippen molar-refractivity contribution in [3.63, 3.8) is 0 Å². The molecule has 1 aromatic rings. The van der Waals surface area contributed by atoms with Crippen LogP contribution in [0.15, 0.2) is 11.0 Å². The van der Waals surface area contributed by atoms with E-state index < -0.39 is 34.7 Å². The Balaban J connectivity index is 3.53. The van der Waals surface area contributed by atoms with E-state index >= 15 is 0 Å². The van der Waals surface area contributed by atoms with Gasteiger partial charge in [0.05, 0.1) is 11.1 Å². The molecular weight excluding hydrogens is 196 g/mol. The maximum absolute atomic E-state index is 12.4. The number of aromatic amines is 1. The monoisotopic (exact) mass is 203 g/mol. The zero-order valence-electron chi connectivity index (χ0n) is 6.88. The second-order valence-corrected chi connectivity index (χ2v) is 2.52. The summed E-state index contributed by atoms with van der Waals surface area (Å²) in [6, 6.07) is 0. The van der Waals surface area contributed by atoms with Crippen molar-refractivity contribution in [2.24, 2.45) is 5.73 Å². The van der Waals surface area contributed by atoms with Crippen LogP contribution in [0, 0.1) is 0 Å². The first-order valence-corrected chi connectivity index (χ1v) is 3.54. The van der Waals surface area contributed by atoms with Gasteiger partial charge in [-0.2, -0.15) is 0 Å². The molecule has 14 heavy (non-hydrogen) atoms. The van der Waals surface area contributed by atoms with Gasteiger partial charge in [-0.1, -0.05) is 0 Å². The fourth-order valence-corrected chi connectivity index (χ4v) is 1.000. The third kappa shape index (κ3) is 1.56. The van der Waals surface area contributed by atoms with Crippen LogP contribution in [0.5, 0.6) is 0 Å². The average Bonchev–Trinajstić information content (AvgIpc) is 2.08. The molecule has 0 bridgehead atoms. The molecule has 7 heteroatoms. The molecule has 1 rings (SSSR count). The lowest BCUT2D eigenvalue weighted by Crippen LogP contribution is -2.22. The second kappa shape index (κ2) is 3.44. The fraction of sp³-hybridized carbons (Fsp3) is 0.143. The largest absolute Gasteiger partial charge is 0.394 e. The van der Waals surface area contributed by atoms with Crippen LogP contribution in [0.4, 0.5) is 14.5 Å². The molecule has 0 saturated heterocycles. The SMILES string of the molecule is NC(=O)c1c[nH]c(=O)c(N)c1C(F)F. The predicted octanol–water partition coefficient (Wildman–Crippen LogP) is -0.00640. The molecule has 0 unspecified atom stereocenters. The molecule has 1 aromatic heterocycles. The normalized spacial score (nSPS) is 10.5. The molecule has 5 nitrogen and oxygen atoms in total. The molecule has 0 aliphatic rings. The highest BCUT2D eigenvalue weighted by atomic mass is 19.3. The molecule has 0 fully saturated rings. The standard InChI is InChI=1S/C7H7F2N3O2/c8-5(9)3-2(6(11)13)1-12-7(14)4(3)10/h1,5H,10H2,(H2,11,13)(H,12,14). The number of carbonyl (C=O) groups excluding carboxylic acids is 1. The first-order valence-electron chi connectivity index (χ1n) is 3.54. The minimum absolute atomic E-state index is 0.475. The van der Waals surface area contributed by atoms with Gasteiger partial charge in [0, 0.05) is 6.20 Å². The van der Waals surface area contributed by atoms with Crippen molar-refractivity contribution in [2.45, 2.75) is 6.43 Å². The van der Waals surface area contributed by atoms with Gasteiger partial charge >= 0.3 is 0 Å². The first-order chi connectivity index (χ1) is 6.45. The van der Waals surface area contributed by atoms with Crippen LogP contribution in [0.2, 0.25) is 0 Å². The fourth-order valence-electron chi connectivity index (χ4n) is 1.000. The van der Waals surface area contributed by atoms with Gasteiger partial charge in [-0.05, 0) is 0 Å². The van der Waals surface area contributed by atoms with Crippen LogP contribution < -0.4 is 17.0 Å². The topological polar surface area (TPSA) is 102 Å². The lowest BCUT2D eigenvalue weighted by Gasteiger charge is -2.07. The third-order valence-electron chi connectivity index (χ3n) is 1.66. The Morgan fingerprint density at radius 2 is 2.07 bits per heavy atom. The summed E-state index contributed by atoms with van der Waals surface area (Å²) in [6.07, 6.45) is -2.19. The van der Waals surface area contributed by atoms with Gasteiger partial charge in [0.15, 0.2) is 0 Å². The van der Waals surface area contributed by atoms with Gasteiger partial charge in [0.2, 0.25) is 0 Å². The van der Waals surface area contributed by atoms with E-state index in [1.165, 1.54) is 0 Å².